The Morgan fingerprint density at radius 2 is 1.88 bits per heavy atom. The molecule has 0 aromatic heterocycles. The van der Waals surface area contributed by atoms with Crippen LogP contribution < -0.4 is 5.32 Å². The van der Waals surface area contributed by atoms with E-state index in [1.165, 1.54) is 7.11 Å². The van der Waals surface area contributed by atoms with Gasteiger partial charge in [-0.25, -0.2) is 0 Å². The van der Waals surface area contributed by atoms with Crippen molar-refractivity contribution in [1.29, 1.82) is 0 Å². The molecule has 0 saturated heterocycles. The molecule has 0 rings (SSSR count). The number of carbonyl (C=O) groups is 1. The van der Waals surface area contributed by atoms with Crippen LogP contribution in [-0.4, -0.2) is 39.4 Å². The lowest BCUT2D eigenvalue weighted by Crippen LogP contribution is -2.41. The minimum atomic E-state index is -0.204. The van der Waals surface area contributed by atoms with E-state index in [-0.39, 0.29) is 12.0 Å². The fourth-order valence-corrected chi connectivity index (χ4v) is 1.56. The molecule has 0 aliphatic rings. The van der Waals surface area contributed by atoms with Crippen molar-refractivity contribution >= 4 is 5.97 Å². The van der Waals surface area contributed by atoms with Crippen LogP contribution in [0.1, 0.15) is 27.2 Å². The van der Waals surface area contributed by atoms with Gasteiger partial charge in [-0.05, 0) is 18.3 Å². The Kier molecular flexibility index (Phi) is 8.21. The number of nitrogens with one attached hydrogen (secondary N) is 1. The second-order valence-corrected chi connectivity index (χ2v) is 4.67. The van der Waals surface area contributed by atoms with E-state index in [0.29, 0.717) is 18.4 Å². The molecule has 2 unspecified atom stereocenters. The summed E-state index contributed by atoms with van der Waals surface area (Å²) in [6, 6.07) is -0.204. The highest BCUT2D eigenvalue weighted by molar-refractivity contribution is 5.75. The van der Waals surface area contributed by atoms with Gasteiger partial charge in [-0.15, -0.1) is 0 Å². The van der Waals surface area contributed by atoms with E-state index in [4.69, 9.17) is 9.47 Å². The van der Waals surface area contributed by atoms with Crippen molar-refractivity contribution in [2.75, 3.05) is 27.4 Å². The number of ether oxygens (including phenoxy) is 2. The van der Waals surface area contributed by atoms with E-state index in [1.54, 1.807) is 7.11 Å². The average Bonchev–Trinajstić information content (AvgIpc) is 2.23. The number of methoxy groups -OCH3 is 2. The summed E-state index contributed by atoms with van der Waals surface area (Å²) in [5.74, 6) is 0.678. The standard InChI is InChI=1S/C12H25NO3/c1-9(2)6-11(12(14)16-5)13-7-10(3)8-15-4/h9-11,13H,6-8H2,1-5H3. The maximum atomic E-state index is 11.5. The Hall–Kier alpha value is -0.610. The van der Waals surface area contributed by atoms with Gasteiger partial charge in [0, 0.05) is 20.3 Å². The van der Waals surface area contributed by atoms with Crippen molar-refractivity contribution in [3.8, 4) is 0 Å². The lowest BCUT2D eigenvalue weighted by molar-refractivity contribution is -0.143. The van der Waals surface area contributed by atoms with Gasteiger partial charge in [0.25, 0.3) is 0 Å². The molecule has 0 amide bonds. The first kappa shape index (κ1) is 15.4. The minimum absolute atomic E-state index is 0.182. The largest absolute Gasteiger partial charge is 0.468 e. The number of esters is 1. The van der Waals surface area contributed by atoms with Crippen LogP contribution in [0.15, 0.2) is 0 Å². The van der Waals surface area contributed by atoms with Crippen LogP contribution in [0.2, 0.25) is 0 Å². The molecule has 0 radical (unpaired) electrons. The molecule has 4 heteroatoms. The van der Waals surface area contributed by atoms with Gasteiger partial charge in [-0.2, -0.15) is 0 Å². The van der Waals surface area contributed by atoms with Crippen molar-refractivity contribution in [3.63, 3.8) is 0 Å². The van der Waals surface area contributed by atoms with Crippen LogP contribution in [0.3, 0.4) is 0 Å². The normalized spacial score (nSPS) is 14.9. The van der Waals surface area contributed by atoms with Gasteiger partial charge in [0.1, 0.15) is 6.04 Å². The SMILES string of the molecule is COCC(C)CNC(CC(C)C)C(=O)OC. The lowest BCUT2D eigenvalue weighted by Gasteiger charge is -2.20. The van der Waals surface area contributed by atoms with Crippen LogP contribution in [0.5, 0.6) is 0 Å². The summed E-state index contributed by atoms with van der Waals surface area (Å²) in [5.41, 5.74) is 0. The predicted molar refractivity (Wildman–Crippen MR) is 64.3 cm³/mol. The highest BCUT2D eigenvalue weighted by atomic mass is 16.5. The Labute approximate surface area is 98.7 Å². The molecule has 16 heavy (non-hydrogen) atoms. The van der Waals surface area contributed by atoms with Gasteiger partial charge in [-0.1, -0.05) is 20.8 Å². The number of rotatable bonds is 8. The van der Waals surface area contributed by atoms with Crippen molar-refractivity contribution in [2.24, 2.45) is 11.8 Å². The zero-order valence-electron chi connectivity index (χ0n) is 11.1. The zero-order chi connectivity index (χ0) is 12.6. The van der Waals surface area contributed by atoms with Gasteiger partial charge in [0.05, 0.1) is 7.11 Å². The Morgan fingerprint density at radius 1 is 1.25 bits per heavy atom. The highest BCUT2D eigenvalue weighted by Gasteiger charge is 2.20. The number of carbonyl (C=O) groups excluding carboxylic acids is 1. The molecule has 0 aliphatic heterocycles. The Bertz CT molecular complexity index is 195. The molecule has 0 heterocycles. The molecule has 0 fully saturated rings. The fourth-order valence-electron chi connectivity index (χ4n) is 1.56. The van der Waals surface area contributed by atoms with Gasteiger partial charge in [-0.3, -0.25) is 4.79 Å². The molecule has 0 aliphatic carbocycles. The molecular formula is C12H25NO3. The summed E-state index contributed by atoms with van der Waals surface area (Å²) in [7, 11) is 3.11. The smallest absolute Gasteiger partial charge is 0.322 e. The van der Waals surface area contributed by atoms with Crippen LogP contribution in [-0.2, 0) is 14.3 Å². The fraction of sp³-hybridized carbons (Fsp3) is 0.917. The summed E-state index contributed by atoms with van der Waals surface area (Å²) in [6.07, 6.45) is 0.798. The van der Waals surface area contributed by atoms with Gasteiger partial charge in [0.15, 0.2) is 0 Å². The molecule has 1 N–H and O–H groups in total. The zero-order valence-corrected chi connectivity index (χ0v) is 11.1. The van der Waals surface area contributed by atoms with Gasteiger partial charge >= 0.3 is 5.97 Å². The quantitative estimate of drug-likeness (QED) is 0.642. The van der Waals surface area contributed by atoms with Crippen LogP contribution in [0.25, 0.3) is 0 Å². The van der Waals surface area contributed by atoms with Gasteiger partial charge in [0.2, 0.25) is 0 Å². The van der Waals surface area contributed by atoms with E-state index in [1.807, 2.05) is 0 Å². The van der Waals surface area contributed by atoms with Crippen molar-refractivity contribution in [1.82, 2.24) is 5.32 Å². The molecular weight excluding hydrogens is 206 g/mol. The van der Waals surface area contributed by atoms with Crippen LogP contribution in [0, 0.1) is 11.8 Å². The van der Waals surface area contributed by atoms with Crippen LogP contribution >= 0.6 is 0 Å². The first-order chi connectivity index (χ1) is 7.51. The molecule has 0 aromatic carbocycles. The molecule has 0 saturated carbocycles. The minimum Gasteiger partial charge on any atom is -0.468 e. The van der Waals surface area contributed by atoms with Crippen molar-refractivity contribution in [3.05, 3.63) is 0 Å². The molecule has 0 spiro atoms. The maximum Gasteiger partial charge on any atom is 0.322 e. The average molecular weight is 231 g/mol. The van der Waals surface area contributed by atoms with Crippen molar-refractivity contribution in [2.45, 2.75) is 33.2 Å². The summed E-state index contributed by atoms with van der Waals surface area (Å²) in [6.45, 7) is 7.73. The summed E-state index contributed by atoms with van der Waals surface area (Å²) >= 11 is 0. The third-order valence-electron chi connectivity index (χ3n) is 2.36. The monoisotopic (exact) mass is 231 g/mol. The molecule has 0 bridgehead atoms. The second-order valence-electron chi connectivity index (χ2n) is 4.67. The van der Waals surface area contributed by atoms with Crippen molar-refractivity contribution < 1.29 is 14.3 Å². The van der Waals surface area contributed by atoms with E-state index in [0.717, 1.165) is 13.0 Å². The van der Waals surface area contributed by atoms with E-state index in [9.17, 15) is 4.79 Å². The molecule has 0 aromatic rings. The predicted octanol–water partition coefficient (Wildman–Crippen LogP) is 1.45. The lowest BCUT2D eigenvalue weighted by atomic mass is 10.0. The second kappa shape index (κ2) is 8.53. The molecule has 4 nitrogen and oxygen atoms in total. The van der Waals surface area contributed by atoms with E-state index in [2.05, 4.69) is 26.1 Å². The van der Waals surface area contributed by atoms with E-state index < -0.39 is 0 Å². The molecule has 96 valence electrons. The third kappa shape index (κ3) is 6.80. The number of hydrogen-bond donors (Lipinski definition) is 1. The topological polar surface area (TPSA) is 47.6 Å². The summed E-state index contributed by atoms with van der Waals surface area (Å²) in [4.78, 5) is 11.5. The Morgan fingerprint density at radius 3 is 2.31 bits per heavy atom. The third-order valence-corrected chi connectivity index (χ3v) is 2.36. The van der Waals surface area contributed by atoms with E-state index >= 15 is 0 Å². The van der Waals surface area contributed by atoms with Gasteiger partial charge < -0.3 is 14.8 Å². The molecule has 2 atom stereocenters. The summed E-state index contributed by atoms with van der Waals surface area (Å²) in [5, 5.41) is 3.23. The first-order valence-electron chi connectivity index (χ1n) is 5.81. The highest BCUT2D eigenvalue weighted by Crippen LogP contribution is 2.07. The van der Waals surface area contributed by atoms with Crippen LogP contribution in [0.4, 0.5) is 0 Å². The number of hydrogen-bond acceptors (Lipinski definition) is 4. The Balaban J connectivity index is 4.05. The first-order valence-corrected chi connectivity index (χ1v) is 5.81. The maximum absolute atomic E-state index is 11.5. The summed E-state index contributed by atoms with van der Waals surface area (Å²) < 4.78 is 9.82.